The number of nitrogens with zero attached hydrogens (tertiary/aromatic N) is 1. The van der Waals surface area contributed by atoms with Crippen LogP contribution in [0.1, 0.15) is 78.5 Å². The highest BCUT2D eigenvalue weighted by Crippen LogP contribution is 2.37. The Kier molecular flexibility index (Phi) is 10.7. The standard InChI is InChI=1S/C29H35B2F2N2O6/c32-26-16-20(5-11-24(26)30-39)28(37)34-22-7-1-18(2-8-22)15-19-3-9-23(10-4-19)35(13-14-36)29(38)21-6-12-25(31(40)41)27(33)17-21/h5-6,11-12,14,16-19,22-23,39-41H,1-4,7-10,13,15H2,(H,34,37). The molecule has 4 N–H and O–H groups in total. The molecule has 1 radical (unpaired) electrons. The van der Waals surface area contributed by atoms with Crippen LogP contribution in [0.4, 0.5) is 8.78 Å². The minimum absolute atomic E-state index is 0.0316. The number of rotatable bonds is 10. The molecule has 2 aromatic rings. The Labute approximate surface area is 239 Å². The molecule has 0 atom stereocenters. The zero-order valence-corrected chi connectivity index (χ0v) is 22.8. The lowest BCUT2D eigenvalue weighted by Gasteiger charge is -2.38. The molecule has 2 aromatic carbocycles. The van der Waals surface area contributed by atoms with Gasteiger partial charge in [-0.1, -0.05) is 12.1 Å². The summed E-state index contributed by atoms with van der Waals surface area (Å²) in [5, 5.41) is 30.4. The van der Waals surface area contributed by atoms with Crippen LogP contribution in [0.25, 0.3) is 0 Å². The molecule has 8 nitrogen and oxygen atoms in total. The van der Waals surface area contributed by atoms with Crippen molar-refractivity contribution in [1.82, 2.24) is 10.2 Å². The van der Waals surface area contributed by atoms with Crippen LogP contribution in [0.15, 0.2) is 36.4 Å². The molecule has 4 rings (SSSR count). The second kappa shape index (κ2) is 14.2. The molecule has 0 spiro atoms. The molecule has 0 unspecified atom stereocenters. The Balaban J connectivity index is 1.24. The largest absolute Gasteiger partial charge is 0.491 e. The molecule has 0 heterocycles. The van der Waals surface area contributed by atoms with Gasteiger partial charge in [-0.05, 0) is 99.4 Å². The summed E-state index contributed by atoms with van der Waals surface area (Å²) >= 11 is 0. The highest BCUT2D eigenvalue weighted by molar-refractivity contribution is 6.58. The monoisotopic (exact) mass is 567 g/mol. The minimum Gasteiger partial charge on any atom is -0.450 e. The third-order valence-corrected chi connectivity index (χ3v) is 8.57. The van der Waals surface area contributed by atoms with Crippen molar-refractivity contribution >= 4 is 43.6 Å². The van der Waals surface area contributed by atoms with Gasteiger partial charge in [0.15, 0.2) is 0 Å². The van der Waals surface area contributed by atoms with E-state index in [1.807, 2.05) is 0 Å². The van der Waals surface area contributed by atoms with Gasteiger partial charge in [-0.15, -0.1) is 0 Å². The number of hydrogen-bond acceptors (Lipinski definition) is 6. The quantitative estimate of drug-likeness (QED) is 0.255. The summed E-state index contributed by atoms with van der Waals surface area (Å²) in [5.74, 6) is -1.28. The highest BCUT2D eigenvalue weighted by Gasteiger charge is 2.32. The van der Waals surface area contributed by atoms with Crippen molar-refractivity contribution in [3.05, 3.63) is 59.2 Å². The van der Waals surface area contributed by atoms with Gasteiger partial charge in [-0.3, -0.25) is 9.59 Å². The first-order valence-electron chi connectivity index (χ1n) is 14.2. The van der Waals surface area contributed by atoms with Gasteiger partial charge in [-0.2, -0.15) is 0 Å². The Morgan fingerprint density at radius 2 is 1.54 bits per heavy atom. The fourth-order valence-electron chi connectivity index (χ4n) is 6.26. The average molecular weight is 567 g/mol. The molecule has 217 valence electrons. The van der Waals surface area contributed by atoms with Gasteiger partial charge in [-0.25, -0.2) is 8.78 Å². The molecule has 2 fully saturated rings. The fourth-order valence-corrected chi connectivity index (χ4v) is 6.26. The van der Waals surface area contributed by atoms with Crippen LogP contribution in [-0.4, -0.2) is 71.3 Å². The molecular weight excluding hydrogens is 532 g/mol. The van der Waals surface area contributed by atoms with Crippen LogP contribution >= 0.6 is 0 Å². The molecule has 2 aliphatic rings. The Morgan fingerprint density at radius 1 is 0.927 bits per heavy atom. The van der Waals surface area contributed by atoms with Gasteiger partial charge in [0.1, 0.15) is 17.9 Å². The summed E-state index contributed by atoms with van der Waals surface area (Å²) in [6.45, 7) is -0.0907. The van der Waals surface area contributed by atoms with Crippen LogP contribution < -0.4 is 16.2 Å². The maximum atomic E-state index is 14.2. The first-order chi connectivity index (χ1) is 19.7. The van der Waals surface area contributed by atoms with E-state index in [1.165, 1.54) is 23.1 Å². The Hall–Kier alpha value is -3.08. The van der Waals surface area contributed by atoms with E-state index in [-0.39, 0.29) is 46.6 Å². The topological polar surface area (TPSA) is 127 Å². The molecule has 0 bridgehead atoms. The van der Waals surface area contributed by atoms with Crippen LogP contribution in [0.3, 0.4) is 0 Å². The molecule has 2 amide bonds. The second-order valence-corrected chi connectivity index (χ2v) is 11.2. The van der Waals surface area contributed by atoms with Crippen molar-refractivity contribution in [2.75, 3.05) is 6.54 Å². The van der Waals surface area contributed by atoms with Crippen molar-refractivity contribution in [1.29, 1.82) is 0 Å². The van der Waals surface area contributed by atoms with Gasteiger partial charge < -0.3 is 30.1 Å². The lowest BCUT2D eigenvalue weighted by atomic mass is 9.75. The van der Waals surface area contributed by atoms with E-state index in [9.17, 15) is 33.2 Å². The number of nitrogens with one attached hydrogen (secondary N) is 1. The third-order valence-electron chi connectivity index (χ3n) is 8.57. The number of benzene rings is 2. The molecule has 0 aliphatic heterocycles. The van der Waals surface area contributed by atoms with Crippen LogP contribution in [0.2, 0.25) is 0 Å². The van der Waals surface area contributed by atoms with E-state index in [1.54, 1.807) is 0 Å². The number of hydrogen-bond donors (Lipinski definition) is 4. The van der Waals surface area contributed by atoms with Gasteiger partial charge >= 0.3 is 14.6 Å². The van der Waals surface area contributed by atoms with Crippen LogP contribution in [-0.2, 0) is 4.79 Å². The summed E-state index contributed by atoms with van der Waals surface area (Å²) in [4.78, 5) is 38.5. The summed E-state index contributed by atoms with van der Waals surface area (Å²) in [7, 11) is -1.31. The SMILES string of the molecule is O=CCN(C(=O)c1ccc(B(O)O)c(F)c1)C1CCC(CC2CCC(NC(=O)c3ccc([B]O)c(F)c3)CC2)CC1. The van der Waals surface area contributed by atoms with E-state index in [4.69, 9.17) is 5.02 Å². The zero-order chi connectivity index (χ0) is 29.5. The summed E-state index contributed by atoms with van der Waals surface area (Å²) < 4.78 is 28.1. The predicted octanol–water partition coefficient (Wildman–Crippen LogP) is 1.46. The van der Waals surface area contributed by atoms with Crippen molar-refractivity contribution < 1.29 is 38.2 Å². The van der Waals surface area contributed by atoms with E-state index in [0.29, 0.717) is 25.6 Å². The molecule has 2 saturated carbocycles. The number of carbonyl (C=O) groups excluding carboxylic acids is 3. The number of aldehydes is 1. The van der Waals surface area contributed by atoms with Crippen LogP contribution in [0.5, 0.6) is 0 Å². The first kappa shape index (κ1) is 30.9. The lowest BCUT2D eigenvalue weighted by Crippen LogP contribution is -2.44. The smallest absolute Gasteiger partial charge is 0.450 e. The van der Waals surface area contributed by atoms with Gasteiger partial charge in [0.25, 0.3) is 11.8 Å². The van der Waals surface area contributed by atoms with E-state index < -0.39 is 24.7 Å². The third kappa shape index (κ3) is 7.81. The molecular formula is C29H35B2F2N2O6. The van der Waals surface area contributed by atoms with Gasteiger partial charge in [0.2, 0.25) is 0 Å². The fraction of sp³-hybridized carbons (Fsp3) is 0.483. The Bertz CT molecular complexity index is 1230. The Morgan fingerprint density at radius 3 is 2.10 bits per heavy atom. The van der Waals surface area contributed by atoms with Crippen molar-refractivity contribution in [2.45, 2.75) is 69.9 Å². The summed E-state index contributed by atoms with van der Waals surface area (Å²) in [6.07, 6.45) is 8.72. The number of amides is 2. The summed E-state index contributed by atoms with van der Waals surface area (Å²) in [5.41, 5.74) is -0.00135. The maximum absolute atomic E-state index is 14.2. The molecule has 0 aromatic heterocycles. The number of carbonyl (C=O) groups is 3. The van der Waals surface area contributed by atoms with Crippen molar-refractivity contribution in [3.8, 4) is 0 Å². The van der Waals surface area contributed by atoms with Crippen molar-refractivity contribution in [2.24, 2.45) is 11.8 Å². The normalized spacial score (nSPS) is 22.5. The van der Waals surface area contributed by atoms with Gasteiger partial charge in [0, 0.05) is 28.7 Å². The lowest BCUT2D eigenvalue weighted by molar-refractivity contribution is -0.109. The van der Waals surface area contributed by atoms with Crippen molar-refractivity contribution in [3.63, 3.8) is 0 Å². The second-order valence-electron chi connectivity index (χ2n) is 11.2. The highest BCUT2D eigenvalue weighted by atomic mass is 19.1. The maximum Gasteiger partial charge on any atom is 0.491 e. The van der Waals surface area contributed by atoms with E-state index >= 15 is 0 Å². The average Bonchev–Trinajstić information content (AvgIpc) is 2.96. The van der Waals surface area contributed by atoms with E-state index in [0.717, 1.165) is 76.0 Å². The molecule has 41 heavy (non-hydrogen) atoms. The minimum atomic E-state index is -1.98. The predicted molar refractivity (Wildman–Crippen MR) is 151 cm³/mol. The van der Waals surface area contributed by atoms with Crippen LogP contribution in [0, 0.1) is 23.5 Å². The first-order valence-corrected chi connectivity index (χ1v) is 14.2. The molecule has 0 saturated heterocycles. The zero-order valence-electron chi connectivity index (χ0n) is 22.8. The molecule has 2 aliphatic carbocycles. The summed E-state index contributed by atoms with van der Waals surface area (Å²) in [6, 6.07) is 7.36. The molecule has 12 heteroatoms. The number of halogens is 2. The van der Waals surface area contributed by atoms with E-state index in [2.05, 4.69) is 5.32 Å². The van der Waals surface area contributed by atoms with Gasteiger partial charge in [0.05, 0.1) is 6.54 Å².